The van der Waals surface area contributed by atoms with Gasteiger partial charge >= 0.3 is 0 Å². The molecule has 0 spiro atoms. The van der Waals surface area contributed by atoms with Crippen molar-refractivity contribution in [3.8, 4) is 0 Å². The molecule has 2 rings (SSSR count). The largest absolute Gasteiger partial charge is 0.366 e. The number of nitrogens with one attached hydrogen (secondary N) is 2. The molecule has 0 fully saturated rings. The van der Waals surface area contributed by atoms with Gasteiger partial charge in [-0.25, -0.2) is 15.8 Å². The molecule has 0 aliphatic carbocycles. The Hall–Kier alpha value is -2.15. The monoisotopic (exact) mass is 261 g/mol. The highest BCUT2D eigenvalue weighted by molar-refractivity contribution is 5.47. The molecular weight excluding hydrogens is 242 g/mol. The Morgan fingerprint density at radius 2 is 1.89 bits per heavy atom. The van der Waals surface area contributed by atoms with E-state index in [2.05, 4.69) is 32.7 Å². The van der Waals surface area contributed by atoms with E-state index in [0.29, 0.717) is 18.2 Å². The van der Waals surface area contributed by atoms with Gasteiger partial charge in [-0.15, -0.1) is 0 Å². The van der Waals surface area contributed by atoms with Crippen molar-refractivity contribution in [3.05, 3.63) is 28.8 Å². The molecule has 0 atom stereocenters. The van der Waals surface area contributed by atoms with E-state index in [1.807, 2.05) is 25.6 Å². The van der Waals surface area contributed by atoms with Crippen LogP contribution in [-0.4, -0.2) is 19.7 Å². The maximum Gasteiger partial charge on any atom is 0.145 e. The van der Waals surface area contributed by atoms with Gasteiger partial charge in [-0.2, -0.15) is 5.10 Å². The first-order valence-electron chi connectivity index (χ1n) is 6.06. The van der Waals surface area contributed by atoms with E-state index in [4.69, 9.17) is 5.84 Å². The van der Waals surface area contributed by atoms with Crippen LogP contribution in [0.25, 0.3) is 0 Å². The van der Waals surface area contributed by atoms with Gasteiger partial charge in [0.1, 0.15) is 17.5 Å². The third-order valence-electron chi connectivity index (χ3n) is 3.09. The van der Waals surface area contributed by atoms with E-state index in [9.17, 15) is 0 Å². The predicted octanol–water partition coefficient (Wildman–Crippen LogP) is 1.03. The van der Waals surface area contributed by atoms with Crippen LogP contribution in [0, 0.1) is 20.8 Å². The van der Waals surface area contributed by atoms with Crippen LogP contribution in [0.1, 0.15) is 22.8 Å². The lowest BCUT2D eigenvalue weighted by Crippen LogP contribution is -2.11. The molecule has 7 heteroatoms. The molecule has 0 aliphatic rings. The normalized spacial score (nSPS) is 10.6. The van der Waals surface area contributed by atoms with Gasteiger partial charge in [-0.1, -0.05) is 0 Å². The van der Waals surface area contributed by atoms with Crippen LogP contribution in [-0.2, 0) is 13.6 Å². The van der Waals surface area contributed by atoms with Crippen molar-refractivity contribution in [1.82, 2.24) is 19.7 Å². The first kappa shape index (κ1) is 13.3. The molecule has 0 unspecified atom stereocenters. The number of hydrogen-bond donors (Lipinski definition) is 3. The van der Waals surface area contributed by atoms with Crippen molar-refractivity contribution in [3.63, 3.8) is 0 Å². The molecule has 0 aliphatic heterocycles. The molecule has 4 N–H and O–H groups in total. The van der Waals surface area contributed by atoms with Crippen LogP contribution in [0.2, 0.25) is 0 Å². The lowest BCUT2D eigenvalue weighted by Gasteiger charge is -2.08. The van der Waals surface area contributed by atoms with Crippen LogP contribution in [0.3, 0.4) is 0 Å². The smallest absolute Gasteiger partial charge is 0.145 e. The number of aromatic nitrogens is 4. The maximum atomic E-state index is 5.37. The Morgan fingerprint density at radius 3 is 2.47 bits per heavy atom. The predicted molar refractivity (Wildman–Crippen MR) is 74.6 cm³/mol. The number of rotatable bonds is 4. The van der Waals surface area contributed by atoms with Crippen molar-refractivity contribution >= 4 is 11.6 Å². The van der Waals surface area contributed by atoms with Gasteiger partial charge in [0.15, 0.2) is 0 Å². The summed E-state index contributed by atoms with van der Waals surface area (Å²) < 4.78 is 1.88. The molecule has 2 heterocycles. The first-order chi connectivity index (χ1) is 9.01. The lowest BCUT2D eigenvalue weighted by molar-refractivity contribution is 0.730. The highest BCUT2D eigenvalue weighted by Gasteiger charge is 2.09. The summed E-state index contributed by atoms with van der Waals surface area (Å²) in [6.07, 6.45) is 0. The number of nitrogens with zero attached hydrogens (tertiary/aromatic N) is 4. The Kier molecular flexibility index (Phi) is 3.66. The summed E-state index contributed by atoms with van der Waals surface area (Å²) in [5.74, 6) is 7.36. The van der Waals surface area contributed by atoms with Crippen LogP contribution < -0.4 is 16.6 Å². The van der Waals surface area contributed by atoms with Gasteiger partial charge < -0.3 is 10.7 Å². The SMILES string of the molecule is Cc1nc(NN)cc(NCc2c(C)nn(C)c2C)n1. The van der Waals surface area contributed by atoms with Gasteiger partial charge in [0.2, 0.25) is 0 Å². The van der Waals surface area contributed by atoms with Crippen LogP contribution in [0.15, 0.2) is 6.07 Å². The molecule has 2 aromatic rings. The molecule has 0 amide bonds. The topological polar surface area (TPSA) is 93.7 Å². The number of hydrogen-bond acceptors (Lipinski definition) is 6. The lowest BCUT2D eigenvalue weighted by atomic mass is 10.2. The molecule has 0 radical (unpaired) electrons. The molecule has 102 valence electrons. The van der Waals surface area contributed by atoms with E-state index in [1.165, 1.54) is 5.56 Å². The van der Waals surface area contributed by atoms with E-state index in [0.717, 1.165) is 17.2 Å². The summed E-state index contributed by atoms with van der Waals surface area (Å²) in [7, 11) is 1.94. The second-order valence-electron chi connectivity index (χ2n) is 4.46. The maximum absolute atomic E-state index is 5.37. The summed E-state index contributed by atoms with van der Waals surface area (Å²) in [4.78, 5) is 8.46. The van der Waals surface area contributed by atoms with Gasteiger partial charge in [-0.3, -0.25) is 4.68 Å². The number of anilines is 2. The van der Waals surface area contributed by atoms with Crippen LogP contribution in [0.5, 0.6) is 0 Å². The minimum atomic E-state index is 0.592. The number of aryl methyl sites for hydroxylation is 3. The molecule has 0 saturated heterocycles. The first-order valence-corrected chi connectivity index (χ1v) is 6.06. The molecule has 7 nitrogen and oxygen atoms in total. The van der Waals surface area contributed by atoms with E-state index in [1.54, 1.807) is 6.07 Å². The van der Waals surface area contributed by atoms with Crippen LogP contribution >= 0.6 is 0 Å². The zero-order chi connectivity index (χ0) is 14.0. The molecule has 19 heavy (non-hydrogen) atoms. The second-order valence-corrected chi connectivity index (χ2v) is 4.46. The number of nitrogens with two attached hydrogens (primary N) is 1. The zero-order valence-corrected chi connectivity index (χ0v) is 11.7. The van der Waals surface area contributed by atoms with Crippen molar-refractivity contribution in [2.24, 2.45) is 12.9 Å². The fraction of sp³-hybridized carbons (Fsp3) is 0.417. The number of nitrogen functional groups attached to an aromatic ring is 1. The summed E-state index contributed by atoms with van der Waals surface area (Å²) in [6.45, 7) is 6.55. The summed E-state index contributed by atoms with van der Waals surface area (Å²) in [5, 5.41) is 7.66. The standard InChI is InChI=1S/C12H19N7/c1-7-10(8(2)19(4)18-7)6-14-11-5-12(17-13)16-9(3)15-11/h5H,6,13H2,1-4H3,(H2,14,15,16,17). The van der Waals surface area contributed by atoms with Gasteiger partial charge in [0.25, 0.3) is 0 Å². The van der Waals surface area contributed by atoms with Crippen molar-refractivity contribution < 1.29 is 0 Å². The molecular formula is C12H19N7. The summed E-state index contributed by atoms with van der Waals surface area (Å²) in [5.41, 5.74) is 5.88. The van der Waals surface area contributed by atoms with Gasteiger partial charge in [0, 0.05) is 30.9 Å². The average molecular weight is 261 g/mol. The van der Waals surface area contributed by atoms with E-state index >= 15 is 0 Å². The Bertz CT molecular complexity index is 588. The number of hydrazine groups is 1. The Morgan fingerprint density at radius 1 is 1.21 bits per heavy atom. The molecule has 0 aromatic carbocycles. The summed E-state index contributed by atoms with van der Waals surface area (Å²) in [6, 6.07) is 1.77. The van der Waals surface area contributed by atoms with Crippen molar-refractivity contribution in [2.45, 2.75) is 27.3 Å². The highest BCUT2D eigenvalue weighted by Crippen LogP contribution is 2.15. The zero-order valence-electron chi connectivity index (χ0n) is 11.7. The second kappa shape index (κ2) is 5.23. The minimum Gasteiger partial charge on any atom is -0.366 e. The third-order valence-corrected chi connectivity index (χ3v) is 3.09. The van der Waals surface area contributed by atoms with E-state index < -0.39 is 0 Å². The fourth-order valence-electron chi connectivity index (χ4n) is 1.98. The van der Waals surface area contributed by atoms with Crippen molar-refractivity contribution in [1.29, 1.82) is 0 Å². The molecule has 0 bridgehead atoms. The fourth-order valence-corrected chi connectivity index (χ4v) is 1.98. The minimum absolute atomic E-state index is 0.592. The third kappa shape index (κ3) is 2.82. The quantitative estimate of drug-likeness (QED) is 0.562. The Labute approximate surface area is 112 Å². The molecule has 0 saturated carbocycles. The summed E-state index contributed by atoms with van der Waals surface area (Å²) >= 11 is 0. The van der Waals surface area contributed by atoms with Gasteiger partial charge in [0.05, 0.1) is 5.69 Å². The van der Waals surface area contributed by atoms with Crippen LogP contribution in [0.4, 0.5) is 11.6 Å². The average Bonchev–Trinajstić information content (AvgIpc) is 2.60. The van der Waals surface area contributed by atoms with Crippen molar-refractivity contribution in [2.75, 3.05) is 10.7 Å². The molecule has 2 aromatic heterocycles. The van der Waals surface area contributed by atoms with E-state index in [-0.39, 0.29) is 0 Å². The highest BCUT2D eigenvalue weighted by atomic mass is 15.3. The Balaban J connectivity index is 2.16. The van der Waals surface area contributed by atoms with Gasteiger partial charge in [-0.05, 0) is 20.8 Å².